The average Bonchev–Trinajstić information content (AvgIpc) is 3.20. The van der Waals surface area contributed by atoms with Gasteiger partial charge in [0.1, 0.15) is 17.5 Å². The molecule has 178 valence electrons. The molecule has 3 aromatic rings. The van der Waals surface area contributed by atoms with E-state index in [4.69, 9.17) is 0 Å². The van der Waals surface area contributed by atoms with Gasteiger partial charge in [0.15, 0.2) is 0 Å². The van der Waals surface area contributed by atoms with E-state index in [0.29, 0.717) is 18.7 Å². The standard InChI is InChI=1S/C28H29F3N2O/c1-19(2)33(28(34)22-8-12-25(30)13-9-22)17-23-16-32(15-20-4-3-5-26(31)14-20)18-27(23)21-6-10-24(29)11-7-21/h3-14,19,23,27H,15-18H2,1-2H3. The van der Waals surface area contributed by atoms with Crippen LogP contribution < -0.4 is 0 Å². The molecule has 1 heterocycles. The minimum Gasteiger partial charge on any atom is -0.336 e. The van der Waals surface area contributed by atoms with Crippen LogP contribution in [0.3, 0.4) is 0 Å². The van der Waals surface area contributed by atoms with Crippen molar-refractivity contribution in [2.24, 2.45) is 5.92 Å². The molecule has 0 N–H and O–H groups in total. The Morgan fingerprint density at radius 3 is 2.18 bits per heavy atom. The minimum atomic E-state index is -0.382. The van der Waals surface area contributed by atoms with E-state index in [0.717, 1.165) is 24.2 Å². The van der Waals surface area contributed by atoms with Gasteiger partial charge < -0.3 is 4.90 Å². The van der Waals surface area contributed by atoms with Gasteiger partial charge in [0.2, 0.25) is 0 Å². The van der Waals surface area contributed by atoms with Crippen molar-refractivity contribution in [1.29, 1.82) is 0 Å². The Morgan fingerprint density at radius 2 is 1.56 bits per heavy atom. The van der Waals surface area contributed by atoms with E-state index in [-0.39, 0.29) is 41.2 Å². The van der Waals surface area contributed by atoms with Crippen LogP contribution in [-0.4, -0.2) is 41.4 Å². The topological polar surface area (TPSA) is 23.6 Å². The summed E-state index contributed by atoms with van der Waals surface area (Å²) in [5, 5.41) is 0. The van der Waals surface area contributed by atoms with Gasteiger partial charge >= 0.3 is 0 Å². The fourth-order valence-corrected chi connectivity index (χ4v) is 4.79. The van der Waals surface area contributed by atoms with Crippen molar-refractivity contribution in [2.75, 3.05) is 19.6 Å². The smallest absolute Gasteiger partial charge is 0.254 e. The summed E-state index contributed by atoms with van der Waals surface area (Å²) >= 11 is 0. The molecule has 1 fully saturated rings. The number of carbonyl (C=O) groups is 1. The van der Waals surface area contributed by atoms with Gasteiger partial charge in [-0.25, -0.2) is 13.2 Å². The molecule has 34 heavy (non-hydrogen) atoms. The highest BCUT2D eigenvalue weighted by Gasteiger charge is 2.36. The molecule has 0 aromatic heterocycles. The number of hydrogen-bond donors (Lipinski definition) is 0. The lowest BCUT2D eigenvalue weighted by Gasteiger charge is -2.32. The predicted octanol–water partition coefficient (Wildman–Crippen LogP) is 5.87. The highest BCUT2D eigenvalue weighted by Crippen LogP contribution is 2.35. The van der Waals surface area contributed by atoms with Crippen LogP contribution in [0.2, 0.25) is 0 Å². The van der Waals surface area contributed by atoms with Crippen LogP contribution in [0, 0.1) is 23.4 Å². The van der Waals surface area contributed by atoms with Crippen molar-refractivity contribution in [3.05, 3.63) is 107 Å². The molecule has 1 saturated heterocycles. The third-order valence-corrected chi connectivity index (χ3v) is 6.52. The number of carbonyl (C=O) groups excluding carboxylic acids is 1. The van der Waals surface area contributed by atoms with Crippen LogP contribution in [0.4, 0.5) is 13.2 Å². The van der Waals surface area contributed by atoms with Crippen LogP contribution >= 0.6 is 0 Å². The third-order valence-electron chi connectivity index (χ3n) is 6.52. The Morgan fingerprint density at radius 1 is 0.912 bits per heavy atom. The van der Waals surface area contributed by atoms with Gasteiger partial charge in [-0.3, -0.25) is 9.69 Å². The van der Waals surface area contributed by atoms with Crippen molar-refractivity contribution in [3.8, 4) is 0 Å². The first-order valence-electron chi connectivity index (χ1n) is 11.6. The number of amides is 1. The van der Waals surface area contributed by atoms with Gasteiger partial charge in [0, 0.05) is 43.7 Å². The lowest BCUT2D eigenvalue weighted by Crippen LogP contribution is -2.42. The summed E-state index contributed by atoms with van der Waals surface area (Å²) in [4.78, 5) is 17.4. The molecule has 0 aliphatic carbocycles. The molecular weight excluding hydrogens is 437 g/mol. The van der Waals surface area contributed by atoms with Crippen LogP contribution in [0.5, 0.6) is 0 Å². The SMILES string of the molecule is CC(C)N(CC1CN(Cc2cccc(F)c2)CC1c1ccc(F)cc1)C(=O)c1ccc(F)cc1. The normalized spacial score (nSPS) is 18.4. The number of hydrogen-bond acceptors (Lipinski definition) is 2. The molecule has 0 bridgehead atoms. The summed E-state index contributed by atoms with van der Waals surface area (Å²) < 4.78 is 40.7. The number of nitrogens with zero attached hydrogens (tertiary/aromatic N) is 2. The lowest BCUT2D eigenvalue weighted by atomic mass is 9.88. The Bertz CT molecular complexity index is 1120. The second-order valence-corrected chi connectivity index (χ2v) is 9.30. The van der Waals surface area contributed by atoms with Crippen LogP contribution in [0.25, 0.3) is 0 Å². The minimum absolute atomic E-state index is 0.0521. The highest BCUT2D eigenvalue weighted by molar-refractivity contribution is 5.94. The van der Waals surface area contributed by atoms with E-state index < -0.39 is 0 Å². The molecule has 0 spiro atoms. The van der Waals surface area contributed by atoms with Crippen molar-refractivity contribution in [2.45, 2.75) is 32.4 Å². The second-order valence-electron chi connectivity index (χ2n) is 9.30. The van der Waals surface area contributed by atoms with Gasteiger partial charge in [0.05, 0.1) is 0 Å². The van der Waals surface area contributed by atoms with Crippen LogP contribution in [0.1, 0.15) is 41.3 Å². The zero-order valence-electron chi connectivity index (χ0n) is 19.4. The molecule has 1 aliphatic rings. The number of halogens is 3. The summed E-state index contributed by atoms with van der Waals surface area (Å²) in [6, 6.07) is 18.7. The number of rotatable bonds is 7. The largest absolute Gasteiger partial charge is 0.336 e. The monoisotopic (exact) mass is 466 g/mol. The fraction of sp³-hybridized carbons (Fsp3) is 0.321. The molecule has 0 saturated carbocycles. The Hall–Kier alpha value is -3.12. The first kappa shape index (κ1) is 24.0. The molecule has 3 nitrogen and oxygen atoms in total. The van der Waals surface area contributed by atoms with Gasteiger partial charge in [-0.05, 0) is 79.4 Å². The van der Waals surface area contributed by atoms with E-state index >= 15 is 0 Å². The third kappa shape index (κ3) is 5.68. The maximum absolute atomic E-state index is 13.7. The molecule has 3 aromatic carbocycles. The van der Waals surface area contributed by atoms with Crippen LogP contribution in [0.15, 0.2) is 72.8 Å². The maximum Gasteiger partial charge on any atom is 0.254 e. The summed E-state index contributed by atoms with van der Waals surface area (Å²) in [6.45, 7) is 6.48. The van der Waals surface area contributed by atoms with Crippen molar-refractivity contribution >= 4 is 5.91 Å². The zero-order valence-corrected chi connectivity index (χ0v) is 19.4. The zero-order chi connectivity index (χ0) is 24.2. The Kier molecular flexibility index (Phi) is 7.37. The van der Waals surface area contributed by atoms with E-state index in [1.54, 1.807) is 24.3 Å². The molecular formula is C28H29F3N2O. The predicted molar refractivity (Wildman–Crippen MR) is 127 cm³/mol. The number of likely N-dealkylation sites (tertiary alicyclic amines) is 1. The lowest BCUT2D eigenvalue weighted by molar-refractivity contribution is 0.0668. The van der Waals surface area contributed by atoms with E-state index in [2.05, 4.69) is 4.90 Å². The molecule has 2 unspecified atom stereocenters. The molecule has 2 atom stereocenters. The molecule has 1 amide bonds. The molecule has 6 heteroatoms. The molecule has 1 aliphatic heterocycles. The average molecular weight is 467 g/mol. The van der Waals surface area contributed by atoms with Crippen molar-refractivity contribution < 1.29 is 18.0 Å². The summed E-state index contributed by atoms with van der Waals surface area (Å²) in [7, 11) is 0. The summed E-state index contributed by atoms with van der Waals surface area (Å²) in [6.07, 6.45) is 0. The highest BCUT2D eigenvalue weighted by atomic mass is 19.1. The van der Waals surface area contributed by atoms with Crippen molar-refractivity contribution in [1.82, 2.24) is 9.80 Å². The van der Waals surface area contributed by atoms with E-state index in [1.807, 2.05) is 24.8 Å². The van der Waals surface area contributed by atoms with Gasteiger partial charge in [-0.2, -0.15) is 0 Å². The Balaban J connectivity index is 1.57. The van der Waals surface area contributed by atoms with E-state index in [1.165, 1.54) is 42.5 Å². The van der Waals surface area contributed by atoms with Gasteiger partial charge in [-0.15, -0.1) is 0 Å². The first-order valence-corrected chi connectivity index (χ1v) is 11.6. The fourth-order valence-electron chi connectivity index (χ4n) is 4.79. The Labute approximate surface area is 198 Å². The first-order chi connectivity index (χ1) is 16.3. The maximum atomic E-state index is 13.7. The summed E-state index contributed by atoms with van der Waals surface area (Å²) in [5.41, 5.74) is 2.36. The van der Waals surface area contributed by atoms with Crippen LogP contribution in [-0.2, 0) is 6.54 Å². The molecule has 0 radical (unpaired) electrons. The van der Waals surface area contributed by atoms with Crippen molar-refractivity contribution in [3.63, 3.8) is 0 Å². The second kappa shape index (κ2) is 10.4. The molecule has 4 rings (SSSR count). The quantitative estimate of drug-likeness (QED) is 0.435. The number of benzene rings is 3. The van der Waals surface area contributed by atoms with Gasteiger partial charge in [0.25, 0.3) is 5.91 Å². The summed E-state index contributed by atoms with van der Waals surface area (Å²) in [5.74, 6) is -0.879. The van der Waals surface area contributed by atoms with E-state index in [9.17, 15) is 18.0 Å². The van der Waals surface area contributed by atoms with Gasteiger partial charge in [-0.1, -0.05) is 24.3 Å².